The van der Waals surface area contributed by atoms with Crippen LogP contribution in [0.5, 0.6) is 0 Å². The number of allylic oxidation sites excluding steroid dienone is 2. The van der Waals surface area contributed by atoms with Gasteiger partial charge in [0.2, 0.25) is 0 Å². The molecule has 2 aromatic heterocycles. The number of hydrogen-bond donors (Lipinski definition) is 1. The van der Waals surface area contributed by atoms with Gasteiger partial charge in [0.15, 0.2) is 5.60 Å². The van der Waals surface area contributed by atoms with Crippen LogP contribution in [0.4, 0.5) is 0 Å². The fraction of sp³-hybridized carbons (Fsp3) is 0.194. The molecular formula is C31H24N2O4. The van der Waals surface area contributed by atoms with E-state index >= 15 is 0 Å². The van der Waals surface area contributed by atoms with Crippen molar-refractivity contribution in [3.05, 3.63) is 105 Å². The van der Waals surface area contributed by atoms with Crippen molar-refractivity contribution in [2.75, 3.05) is 0 Å². The van der Waals surface area contributed by atoms with Gasteiger partial charge < -0.3 is 14.4 Å². The SMILES string of the molecule is C=C1C=Cc2nc3c(c(-c4cccc5ccccc45)c2C1)Cn1c-3cc2c(c1=O)COC(=O)C2(O)CC. The molecule has 182 valence electrons. The quantitative estimate of drug-likeness (QED) is 0.359. The van der Waals surface area contributed by atoms with Crippen molar-refractivity contribution < 1.29 is 14.6 Å². The molecule has 0 radical (unpaired) electrons. The number of fused-ring (bicyclic) bond motifs is 6. The zero-order valence-electron chi connectivity index (χ0n) is 20.4. The Kier molecular flexibility index (Phi) is 4.51. The fourth-order valence-corrected chi connectivity index (χ4v) is 6.03. The molecule has 2 aromatic carbocycles. The van der Waals surface area contributed by atoms with E-state index in [1.807, 2.05) is 24.3 Å². The predicted octanol–water partition coefficient (Wildman–Crippen LogP) is 4.87. The van der Waals surface area contributed by atoms with E-state index in [0.29, 0.717) is 35.5 Å². The molecule has 0 saturated carbocycles. The van der Waals surface area contributed by atoms with Crippen molar-refractivity contribution in [1.82, 2.24) is 9.55 Å². The minimum Gasteiger partial charge on any atom is -0.458 e. The van der Waals surface area contributed by atoms with E-state index in [1.165, 1.54) is 0 Å². The maximum absolute atomic E-state index is 13.7. The number of carbonyl (C=O) groups is 1. The summed E-state index contributed by atoms with van der Waals surface area (Å²) in [6, 6.07) is 16.3. The van der Waals surface area contributed by atoms with Crippen molar-refractivity contribution in [1.29, 1.82) is 0 Å². The minimum absolute atomic E-state index is 0.109. The van der Waals surface area contributed by atoms with Crippen molar-refractivity contribution in [2.45, 2.75) is 38.5 Å². The van der Waals surface area contributed by atoms with Gasteiger partial charge in [-0.25, -0.2) is 9.78 Å². The number of cyclic esters (lactones) is 1. The largest absolute Gasteiger partial charge is 0.458 e. The highest BCUT2D eigenvalue weighted by molar-refractivity contribution is 6.00. The van der Waals surface area contributed by atoms with Gasteiger partial charge in [0.05, 0.1) is 29.2 Å². The normalized spacial score (nSPS) is 19.3. The van der Waals surface area contributed by atoms with Crippen molar-refractivity contribution in [3.63, 3.8) is 0 Å². The van der Waals surface area contributed by atoms with Crippen molar-refractivity contribution in [2.24, 2.45) is 0 Å². The van der Waals surface area contributed by atoms with Gasteiger partial charge in [-0.05, 0) is 52.4 Å². The number of ether oxygens (including phenoxy) is 1. The first-order chi connectivity index (χ1) is 17.9. The molecule has 4 aromatic rings. The zero-order valence-corrected chi connectivity index (χ0v) is 20.4. The Bertz CT molecular complexity index is 1790. The second-order valence-corrected chi connectivity index (χ2v) is 9.98. The van der Waals surface area contributed by atoms with Crippen LogP contribution in [0, 0.1) is 0 Å². The average molecular weight is 489 g/mol. The second kappa shape index (κ2) is 7.60. The summed E-state index contributed by atoms with van der Waals surface area (Å²) < 4.78 is 6.92. The van der Waals surface area contributed by atoms with E-state index in [-0.39, 0.29) is 18.6 Å². The summed E-state index contributed by atoms with van der Waals surface area (Å²) in [6.45, 7) is 6.11. The molecule has 6 nitrogen and oxygen atoms in total. The third-order valence-electron chi connectivity index (χ3n) is 7.97. The topological polar surface area (TPSA) is 81.4 Å². The molecule has 0 spiro atoms. The van der Waals surface area contributed by atoms with Crippen LogP contribution >= 0.6 is 0 Å². The summed E-state index contributed by atoms with van der Waals surface area (Å²) in [5.41, 5.74) is 5.92. The van der Waals surface area contributed by atoms with Gasteiger partial charge in [-0.3, -0.25) is 4.79 Å². The molecular weight excluding hydrogens is 464 g/mol. The third kappa shape index (κ3) is 2.93. The van der Waals surface area contributed by atoms with Gasteiger partial charge in [0.1, 0.15) is 6.61 Å². The van der Waals surface area contributed by atoms with Crippen LogP contribution < -0.4 is 5.56 Å². The van der Waals surface area contributed by atoms with E-state index in [0.717, 1.165) is 44.3 Å². The number of nitrogens with zero attached hydrogens (tertiary/aromatic N) is 2. The second-order valence-electron chi connectivity index (χ2n) is 9.98. The molecule has 0 amide bonds. The summed E-state index contributed by atoms with van der Waals surface area (Å²) in [6.07, 6.45) is 4.74. The molecule has 1 atom stereocenters. The van der Waals surface area contributed by atoms with Crippen molar-refractivity contribution in [3.8, 4) is 22.5 Å². The van der Waals surface area contributed by atoms with Gasteiger partial charge in [-0.1, -0.05) is 67.6 Å². The molecule has 3 aliphatic rings. The zero-order chi connectivity index (χ0) is 25.5. The average Bonchev–Trinajstić information content (AvgIpc) is 3.28. The summed E-state index contributed by atoms with van der Waals surface area (Å²) in [5, 5.41) is 13.5. The van der Waals surface area contributed by atoms with Crippen LogP contribution in [0.2, 0.25) is 0 Å². The van der Waals surface area contributed by atoms with Crippen LogP contribution in [-0.4, -0.2) is 20.6 Å². The van der Waals surface area contributed by atoms with E-state index in [2.05, 4.69) is 36.9 Å². The lowest BCUT2D eigenvalue weighted by molar-refractivity contribution is -0.172. The molecule has 37 heavy (non-hydrogen) atoms. The number of carbonyl (C=O) groups excluding carboxylic acids is 1. The number of rotatable bonds is 2. The van der Waals surface area contributed by atoms with E-state index in [9.17, 15) is 14.7 Å². The van der Waals surface area contributed by atoms with Gasteiger partial charge in [-0.15, -0.1) is 0 Å². The Hall–Kier alpha value is -4.29. The lowest BCUT2D eigenvalue weighted by atomic mass is 9.84. The van der Waals surface area contributed by atoms with Crippen LogP contribution in [0.1, 0.15) is 41.3 Å². The van der Waals surface area contributed by atoms with Crippen molar-refractivity contribution >= 4 is 22.8 Å². The first-order valence-electron chi connectivity index (χ1n) is 12.5. The standard InChI is InChI=1S/C31H24N2O4/c1-3-31(36)24-14-26-28-22(15-33(26)29(34)23(24)16-37-30(31)35)27(21-13-17(2)11-12-25(21)32-28)20-10-6-8-18-7-4-5-9-19(18)20/h4-12,14,36H,2-3,13,15-16H2,1H3. The van der Waals surface area contributed by atoms with Crippen LogP contribution in [0.15, 0.2) is 71.6 Å². The van der Waals surface area contributed by atoms with E-state index < -0.39 is 11.6 Å². The number of pyridine rings is 2. The van der Waals surface area contributed by atoms with Gasteiger partial charge >= 0.3 is 5.97 Å². The smallest absolute Gasteiger partial charge is 0.343 e. The van der Waals surface area contributed by atoms with Crippen LogP contribution in [0.3, 0.4) is 0 Å². The Morgan fingerprint density at radius 1 is 1.08 bits per heavy atom. The Morgan fingerprint density at radius 2 is 1.89 bits per heavy atom. The molecule has 0 fully saturated rings. The number of benzene rings is 2. The van der Waals surface area contributed by atoms with E-state index in [4.69, 9.17) is 9.72 Å². The summed E-state index contributed by atoms with van der Waals surface area (Å²) >= 11 is 0. The van der Waals surface area contributed by atoms with Crippen LogP contribution in [0.25, 0.3) is 39.4 Å². The molecule has 1 N–H and O–H groups in total. The Morgan fingerprint density at radius 3 is 2.73 bits per heavy atom. The molecule has 0 bridgehead atoms. The lowest BCUT2D eigenvalue weighted by Gasteiger charge is -2.31. The molecule has 0 saturated heterocycles. The lowest BCUT2D eigenvalue weighted by Crippen LogP contribution is -2.44. The van der Waals surface area contributed by atoms with Gasteiger partial charge in [0.25, 0.3) is 5.56 Å². The summed E-state index contributed by atoms with van der Waals surface area (Å²) in [5.74, 6) is -0.721. The first kappa shape index (κ1) is 21.9. The molecule has 7 rings (SSSR count). The number of hydrogen-bond acceptors (Lipinski definition) is 5. The minimum atomic E-state index is -1.85. The molecule has 2 aliphatic heterocycles. The number of esters is 1. The highest BCUT2D eigenvalue weighted by Gasteiger charge is 2.45. The molecule has 1 aliphatic carbocycles. The Labute approximate surface area is 213 Å². The Balaban J connectivity index is 1.56. The third-order valence-corrected chi connectivity index (χ3v) is 7.97. The highest BCUT2D eigenvalue weighted by Crippen LogP contribution is 2.45. The monoisotopic (exact) mass is 488 g/mol. The number of aromatic nitrogens is 2. The van der Waals surface area contributed by atoms with Gasteiger partial charge in [0, 0.05) is 11.1 Å². The molecule has 6 heteroatoms. The van der Waals surface area contributed by atoms with E-state index in [1.54, 1.807) is 17.6 Å². The molecule has 4 heterocycles. The summed E-state index contributed by atoms with van der Waals surface area (Å²) in [4.78, 5) is 31.3. The van der Waals surface area contributed by atoms with Gasteiger partial charge in [-0.2, -0.15) is 0 Å². The maximum Gasteiger partial charge on any atom is 0.343 e. The maximum atomic E-state index is 13.7. The predicted molar refractivity (Wildman–Crippen MR) is 142 cm³/mol. The first-order valence-corrected chi connectivity index (χ1v) is 12.5. The highest BCUT2D eigenvalue weighted by atomic mass is 16.6. The van der Waals surface area contributed by atoms with Crippen LogP contribution in [-0.2, 0) is 34.7 Å². The molecule has 1 unspecified atom stereocenters. The summed E-state index contributed by atoms with van der Waals surface area (Å²) in [7, 11) is 0. The fourth-order valence-electron chi connectivity index (χ4n) is 6.03. The number of aliphatic hydroxyl groups is 1.